The minimum atomic E-state index is 0.165. The fourth-order valence-corrected chi connectivity index (χ4v) is 3.12. The standard InChI is InChI=1S/C15H20N4O2/c1-10-7-12-14(13(21)8-10)11(2)16-15(17-12)19-5-3-18(9-20)4-6-19/h9-10H,3-8H2,1-2H3. The number of aryl methyl sites for hydroxylation is 1. The van der Waals surface area contributed by atoms with Crippen LogP contribution in [0.1, 0.15) is 35.1 Å². The second kappa shape index (κ2) is 5.42. The van der Waals surface area contributed by atoms with Gasteiger partial charge in [0.05, 0.1) is 17.0 Å². The molecule has 1 aromatic heterocycles. The van der Waals surface area contributed by atoms with Crippen molar-refractivity contribution in [3.05, 3.63) is 17.0 Å². The van der Waals surface area contributed by atoms with Gasteiger partial charge < -0.3 is 9.80 Å². The summed E-state index contributed by atoms with van der Waals surface area (Å²) in [6.07, 6.45) is 2.32. The van der Waals surface area contributed by atoms with Crippen LogP contribution in [0.15, 0.2) is 0 Å². The number of rotatable bonds is 2. The summed E-state index contributed by atoms with van der Waals surface area (Å²) in [6.45, 7) is 6.83. The van der Waals surface area contributed by atoms with Crippen molar-refractivity contribution in [2.45, 2.75) is 26.7 Å². The number of anilines is 1. The largest absolute Gasteiger partial charge is 0.342 e. The topological polar surface area (TPSA) is 66.4 Å². The molecular weight excluding hydrogens is 268 g/mol. The summed E-state index contributed by atoms with van der Waals surface area (Å²) >= 11 is 0. The fourth-order valence-electron chi connectivity index (χ4n) is 3.12. The third-order valence-corrected chi connectivity index (χ3v) is 4.25. The van der Waals surface area contributed by atoms with E-state index in [-0.39, 0.29) is 5.78 Å². The number of carbonyl (C=O) groups is 2. The molecule has 0 saturated carbocycles. The van der Waals surface area contributed by atoms with Crippen LogP contribution in [-0.4, -0.2) is 53.2 Å². The third-order valence-electron chi connectivity index (χ3n) is 4.25. The van der Waals surface area contributed by atoms with E-state index < -0.39 is 0 Å². The lowest BCUT2D eigenvalue weighted by atomic mass is 9.86. The number of fused-ring (bicyclic) bond motifs is 1. The van der Waals surface area contributed by atoms with Crippen LogP contribution in [0, 0.1) is 12.8 Å². The highest BCUT2D eigenvalue weighted by molar-refractivity contribution is 5.99. The molecule has 6 nitrogen and oxygen atoms in total. The van der Waals surface area contributed by atoms with Gasteiger partial charge in [0.1, 0.15) is 0 Å². The van der Waals surface area contributed by atoms with Gasteiger partial charge >= 0.3 is 0 Å². The molecule has 0 aromatic carbocycles. The second-order valence-corrected chi connectivity index (χ2v) is 6.00. The molecule has 0 bridgehead atoms. The zero-order valence-corrected chi connectivity index (χ0v) is 12.5. The molecule has 1 fully saturated rings. The Hall–Kier alpha value is -1.98. The molecule has 2 aliphatic rings. The molecule has 112 valence electrons. The van der Waals surface area contributed by atoms with Crippen molar-refractivity contribution in [2.75, 3.05) is 31.1 Å². The number of ketones is 1. The fraction of sp³-hybridized carbons (Fsp3) is 0.600. The lowest BCUT2D eigenvalue weighted by molar-refractivity contribution is -0.118. The Morgan fingerprint density at radius 1 is 1.14 bits per heavy atom. The van der Waals surface area contributed by atoms with Crippen LogP contribution in [0.2, 0.25) is 0 Å². The van der Waals surface area contributed by atoms with Gasteiger partial charge in [0.15, 0.2) is 5.78 Å². The smallest absolute Gasteiger partial charge is 0.225 e. The SMILES string of the molecule is Cc1nc(N2CCN(C=O)CC2)nc2c1C(=O)CC(C)C2. The molecule has 2 heterocycles. The maximum absolute atomic E-state index is 12.1. The molecule has 21 heavy (non-hydrogen) atoms. The normalized spacial score (nSPS) is 22.2. The minimum absolute atomic E-state index is 0.165. The lowest BCUT2D eigenvalue weighted by Gasteiger charge is -2.33. The van der Waals surface area contributed by atoms with Crippen molar-refractivity contribution >= 4 is 18.1 Å². The molecule has 0 N–H and O–H groups in total. The predicted molar refractivity (Wildman–Crippen MR) is 78.4 cm³/mol. The number of hydrogen-bond acceptors (Lipinski definition) is 5. The first-order chi connectivity index (χ1) is 10.1. The minimum Gasteiger partial charge on any atom is -0.342 e. The van der Waals surface area contributed by atoms with Gasteiger partial charge in [-0.3, -0.25) is 9.59 Å². The molecule has 0 spiro atoms. The van der Waals surface area contributed by atoms with Crippen LogP contribution < -0.4 is 4.90 Å². The molecular formula is C15H20N4O2. The number of carbonyl (C=O) groups excluding carboxylic acids is 2. The molecule has 1 atom stereocenters. The van der Waals surface area contributed by atoms with Crippen LogP contribution in [0.4, 0.5) is 5.95 Å². The second-order valence-electron chi connectivity index (χ2n) is 6.00. The van der Waals surface area contributed by atoms with E-state index in [0.717, 1.165) is 42.9 Å². The Kier molecular flexibility index (Phi) is 3.61. The number of aromatic nitrogens is 2. The molecule has 1 amide bonds. The predicted octanol–water partition coefficient (Wildman–Crippen LogP) is 0.828. The number of nitrogens with zero attached hydrogens (tertiary/aromatic N) is 4. The maximum atomic E-state index is 12.1. The molecule has 1 aliphatic heterocycles. The number of Topliss-reactive ketones (excluding diaryl/α,β-unsaturated/α-hetero) is 1. The highest BCUT2D eigenvalue weighted by atomic mass is 16.1. The summed E-state index contributed by atoms with van der Waals surface area (Å²) < 4.78 is 0. The van der Waals surface area contributed by atoms with Gasteiger partial charge in [0, 0.05) is 32.6 Å². The van der Waals surface area contributed by atoms with Gasteiger partial charge in [-0.2, -0.15) is 0 Å². The van der Waals surface area contributed by atoms with Gasteiger partial charge in [-0.05, 0) is 19.3 Å². The first-order valence-electron chi connectivity index (χ1n) is 7.43. The van der Waals surface area contributed by atoms with Gasteiger partial charge in [-0.1, -0.05) is 6.92 Å². The van der Waals surface area contributed by atoms with Crippen LogP contribution in [-0.2, 0) is 11.2 Å². The van der Waals surface area contributed by atoms with E-state index in [1.807, 2.05) is 6.92 Å². The maximum Gasteiger partial charge on any atom is 0.225 e. The Labute approximate surface area is 124 Å². The van der Waals surface area contributed by atoms with Crippen molar-refractivity contribution in [1.29, 1.82) is 0 Å². The van der Waals surface area contributed by atoms with Crippen molar-refractivity contribution in [2.24, 2.45) is 5.92 Å². The van der Waals surface area contributed by atoms with Gasteiger partial charge in [-0.25, -0.2) is 9.97 Å². The summed E-state index contributed by atoms with van der Waals surface area (Å²) in [7, 11) is 0. The van der Waals surface area contributed by atoms with Gasteiger partial charge in [0.2, 0.25) is 12.4 Å². The molecule has 1 unspecified atom stereocenters. The van der Waals surface area contributed by atoms with E-state index in [9.17, 15) is 9.59 Å². The quantitative estimate of drug-likeness (QED) is 0.754. The Morgan fingerprint density at radius 3 is 2.52 bits per heavy atom. The van der Waals surface area contributed by atoms with E-state index >= 15 is 0 Å². The molecule has 1 aromatic rings. The summed E-state index contributed by atoms with van der Waals surface area (Å²) in [5.74, 6) is 1.20. The molecule has 1 saturated heterocycles. The van der Waals surface area contributed by atoms with Crippen molar-refractivity contribution in [3.63, 3.8) is 0 Å². The number of amides is 1. The molecule has 0 radical (unpaired) electrons. The van der Waals surface area contributed by atoms with Gasteiger partial charge in [0.25, 0.3) is 0 Å². The van der Waals surface area contributed by atoms with E-state index in [2.05, 4.69) is 21.8 Å². The Morgan fingerprint density at radius 2 is 1.86 bits per heavy atom. The number of piperazine rings is 1. The number of hydrogen-bond donors (Lipinski definition) is 0. The van der Waals surface area contributed by atoms with Crippen LogP contribution in [0.3, 0.4) is 0 Å². The van der Waals surface area contributed by atoms with Crippen molar-refractivity contribution in [3.8, 4) is 0 Å². The summed E-state index contributed by atoms with van der Waals surface area (Å²) in [6, 6.07) is 0. The summed E-state index contributed by atoms with van der Waals surface area (Å²) in [4.78, 5) is 35.9. The monoisotopic (exact) mass is 288 g/mol. The highest BCUT2D eigenvalue weighted by Crippen LogP contribution is 2.27. The molecule has 6 heteroatoms. The van der Waals surface area contributed by atoms with Gasteiger partial charge in [-0.15, -0.1) is 0 Å². The average molecular weight is 288 g/mol. The zero-order valence-electron chi connectivity index (χ0n) is 12.5. The summed E-state index contributed by atoms with van der Waals surface area (Å²) in [5, 5.41) is 0. The molecule has 1 aliphatic carbocycles. The molecule has 3 rings (SSSR count). The van der Waals surface area contributed by atoms with Crippen LogP contribution >= 0.6 is 0 Å². The van der Waals surface area contributed by atoms with Crippen molar-refractivity contribution < 1.29 is 9.59 Å². The summed E-state index contributed by atoms with van der Waals surface area (Å²) in [5.41, 5.74) is 2.40. The average Bonchev–Trinajstić information content (AvgIpc) is 2.46. The van der Waals surface area contributed by atoms with E-state index in [0.29, 0.717) is 31.4 Å². The highest BCUT2D eigenvalue weighted by Gasteiger charge is 2.28. The first-order valence-corrected chi connectivity index (χ1v) is 7.43. The third kappa shape index (κ3) is 2.62. The van der Waals surface area contributed by atoms with Crippen LogP contribution in [0.25, 0.3) is 0 Å². The zero-order chi connectivity index (χ0) is 15.0. The van der Waals surface area contributed by atoms with E-state index in [1.165, 1.54) is 0 Å². The Balaban J connectivity index is 1.88. The van der Waals surface area contributed by atoms with E-state index in [1.54, 1.807) is 4.90 Å². The lowest BCUT2D eigenvalue weighted by Crippen LogP contribution is -2.46. The van der Waals surface area contributed by atoms with E-state index in [4.69, 9.17) is 0 Å². The van der Waals surface area contributed by atoms with Crippen molar-refractivity contribution in [1.82, 2.24) is 14.9 Å². The Bertz CT molecular complexity index is 579. The van der Waals surface area contributed by atoms with Crippen LogP contribution in [0.5, 0.6) is 0 Å². The first kappa shape index (κ1) is 14.0.